The van der Waals surface area contributed by atoms with E-state index in [-0.39, 0.29) is 5.91 Å². The lowest BCUT2D eigenvalue weighted by atomic mass is 10.1. The molecule has 1 aromatic heterocycles. The summed E-state index contributed by atoms with van der Waals surface area (Å²) in [7, 11) is 1.63. The number of hydrogen-bond acceptors (Lipinski definition) is 4. The third-order valence-corrected chi connectivity index (χ3v) is 4.06. The summed E-state index contributed by atoms with van der Waals surface area (Å²) in [5, 5.41) is 3.42. The van der Waals surface area contributed by atoms with Crippen LogP contribution in [0.15, 0.2) is 42.5 Å². The molecular formula is C18H20N2O2S. The van der Waals surface area contributed by atoms with Gasteiger partial charge in [-0.05, 0) is 37.3 Å². The maximum atomic E-state index is 12.2. The number of nitrogens with zero attached hydrogens (tertiary/aromatic N) is 1. The Bertz CT molecular complexity index is 794. The molecule has 0 saturated heterocycles. The smallest absolute Gasteiger partial charge is 0.257 e. The van der Waals surface area contributed by atoms with Crippen molar-refractivity contribution < 1.29 is 9.53 Å². The van der Waals surface area contributed by atoms with Gasteiger partial charge in [0, 0.05) is 5.56 Å². The highest BCUT2D eigenvalue weighted by Crippen LogP contribution is 2.29. The van der Waals surface area contributed by atoms with Crippen molar-refractivity contribution in [1.82, 2.24) is 4.98 Å². The van der Waals surface area contributed by atoms with Gasteiger partial charge >= 0.3 is 0 Å². The molecule has 0 bridgehead atoms. The van der Waals surface area contributed by atoms with Crippen LogP contribution in [0, 0.1) is 6.92 Å². The largest absolute Gasteiger partial charge is 0.497 e. The normalized spacial score (nSPS) is 9.91. The van der Waals surface area contributed by atoms with Gasteiger partial charge in [-0.15, -0.1) is 0 Å². The molecule has 3 aromatic rings. The standard InChI is InChI=1S/C16H14N2O2S.C2H6/c1-10-3-5-11(6-4-10)15(19)18-16-17-13-8-7-12(20-2)9-14(13)21-16;1-2/h3-9H,1-2H3,(H,17,18,19);1-2H3. The third kappa shape index (κ3) is 4.07. The number of methoxy groups -OCH3 is 1. The number of hydrogen-bond donors (Lipinski definition) is 1. The van der Waals surface area contributed by atoms with E-state index in [2.05, 4.69) is 10.3 Å². The number of thiazole rings is 1. The predicted octanol–water partition coefficient (Wildman–Crippen LogP) is 4.89. The Labute approximate surface area is 140 Å². The number of rotatable bonds is 3. The zero-order valence-corrected chi connectivity index (χ0v) is 14.5. The molecule has 0 spiro atoms. The highest BCUT2D eigenvalue weighted by Gasteiger charge is 2.10. The van der Waals surface area contributed by atoms with Gasteiger partial charge in [0.1, 0.15) is 5.75 Å². The predicted molar refractivity (Wildman–Crippen MR) is 96.7 cm³/mol. The van der Waals surface area contributed by atoms with Crippen LogP contribution in [0.3, 0.4) is 0 Å². The molecule has 2 aromatic carbocycles. The second-order valence-corrected chi connectivity index (χ2v) is 5.70. The van der Waals surface area contributed by atoms with E-state index in [1.807, 2.05) is 51.1 Å². The summed E-state index contributed by atoms with van der Waals surface area (Å²) in [5.74, 6) is 0.628. The third-order valence-electron chi connectivity index (χ3n) is 3.13. The number of benzene rings is 2. The van der Waals surface area contributed by atoms with Crippen LogP contribution in [0.4, 0.5) is 5.13 Å². The van der Waals surface area contributed by atoms with Gasteiger partial charge < -0.3 is 4.74 Å². The molecule has 0 aliphatic heterocycles. The first-order chi connectivity index (χ1) is 11.2. The summed E-state index contributed by atoms with van der Waals surface area (Å²) in [4.78, 5) is 16.6. The van der Waals surface area contributed by atoms with Crippen molar-refractivity contribution >= 4 is 32.6 Å². The number of carbonyl (C=O) groups is 1. The molecule has 0 atom stereocenters. The number of carbonyl (C=O) groups excluding carboxylic acids is 1. The zero-order chi connectivity index (χ0) is 16.8. The molecule has 0 unspecified atom stereocenters. The van der Waals surface area contributed by atoms with Gasteiger partial charge in [0.25, 0.3) is 5.91 Å². The minimum Gasteiger partial charge on any atom is -0.497 e. The van der Waals surface area contributed by atoms with Crippen molar-refractivity contribution in [3.63, 3.8) is 0 Å². The summed E-state index contributed by atoms with van der Waals surface area (Å²) < 4.78 is 6.16. The van der Waals surface area contributed by atoms with E-state index >= 15 is 0 Å². The average Bonchev–Trinajstić information content (AvgIpc) is 2.98. The van der Waals surface area contributed by atoms with Gasteiger partial charge in [0.05, 0.1) is 17.3 Å². The SMILES string of the molecule is CC.COc1ccc2nc(NC(=O)c3ccc(C)cc3)sc2c1. The van der Waals surface area contributed by atoms with E-state index < -0.39 is 0 Å². The Morgan fingerprint density at radius 2 is 1.83 bits per heavy atom. The van der Waals surface area contributed by atoms with Crippen molar-refractivity contribution in [2.24, 2.45) is 0 Å². The minimum atomic E-state index is -0.152. The van der Waals surface area contributed by atoms with Crippen LogP contribution >= 0.6 is 11.3 Å². The van der Waals surface area contributed by atoms with Crippen LogP contribution in [0.2, 0.25) is 0 Å². The van der Waals surface area contributed by atoms with E-state index in [4.69, 9.17) is 4.74 Å². The number of anilines is 1. The van der Waals surface area contributed by atoms with Gasteiger partial charge in [-0.3, -0.25) is 10.1 Å². The van der Waals surface area contributed by atoms with Gasteiger partial charge in [-0.1, -0.05) is 42.9 Å². The molecule has 120 valence electrons. The second-order valence-electron chi connectivity index (χ2n) is 4.67. The molecule has 1 amide bonds. The molecule has 0 aliphatic carbocycles. The second kappa shape index (κ2) is 7.74. The minimum absolute atomic E-state index is 0.152. The Balaban J connectivity index is 0.000000924. The molecule has 0 aliphatic rings. The molecule has 3 rings (SSSR count). The molecule has 4 nitrogen and oxygen atoms in total. The van der Waals surface area contributed by atoms with E-state index in [0.717, 1.165) is 21.5 Å². The lowest BCUT2D eigenvalue weighted by Gasteiger charge is -2.01. The molecular weight excluding hydrogens is 308 g/mol. The lowest BCUT2D eigenvalue weighted by Crippen LogP contribution is -2.11. The maximum Gasteiger partial charge on any atom is 0.257 e. The molecule has 23 heavy (non-hydrogen) atoms. The topological polar surface area (TPSA) is 51.2 Å². The Hall–Kier alpha value is -2.40. The van der Waals surface area contributed by atoms with Gasteiger partial charge in [-0.2, -0.15) is 0 Å². The number of amides is 1. The van der Waals surface area contributed by atoms with Crippen molar-refractivity contribution in [1.29, 1.82) is 0 Å². The molecule has 0 fully saturated rings. The number of fused-ring (bicyclic) bond motifs is 1. The molecule has 0 saturated carbocycles. The lowest BCUT2D eigenvalue weighted by molar-refractivity contribution is 0.102. The zero-order valence-electron chi connectivity index (χ0n) is 13.7. The summed E-state index contributed by atoms with van der Waals surface area (Å²) in [5.41, 5.74) is 2.59. The van der Waals surface area contributed by atoms with Crippen LogP contribution in [0.25, 0.3) is 10.2 Å². The quantitative estimate of drug-likeness (QED) is 0.744. The highest BCUT2D eigenvalue weighted by molar-refractivity contribution is 7.22. The fraction of sp³-hybridized carbons (Fsp3) is 0.222. The summed E-state index contributed by atoms with van der Waals surface area (Å²) >= 11 is 1.43. The Morgan fingerprint density at radius 3 is 2.48 bits per heavy atom. The highest BCUT2D eigenvalue weighted by atomic mass is 32.1. The monoisotopic (exact) mass is 328 g/mol. The van der Waals surface area contributed by atoms with Crippen LogP contribution in [-0.2, 0) is 0 Å². The first kappa shape index (κ1) is 17.0. The summed E-state index contributed by atoms with van der Waals surface area (Å²) in [6, 6.07) is 13.1. The van der Waals surface area contributed by atoms with Crippen LogP contribution in [-0.4, -0.2) is 18.0 Å². The number of ether oxygens (including phenoxy) is 1. The van der Waals surface area contributed by atoms with Gasteiger partial charge in [0.15, 0.2) is 5.13 Å². The van der Waals surface area contributed by atoms with Crippen molar-refractivity contribution in [3.05, 3.63) is 53.6 Å². The van der Waals surface area contributed by atoms with Gasteiger partial charge in [-0.25, -0.2) is 4.98 Å². The Kier molecular flexibility index (Phi) is 5.71. The number of nitrogens with one attached hydrogen (secondary N) is 1. The van der Waals surface area contributed by atoms with Crippen molar-refractivity contribution in [3.8, 4) is 5.75 Å². The maximum absolute atomic E-state index is 12.2. The fourth-order valence-electron chi connectivity index (χ4n) is 1.96. The number of aromatic nitrogens is 1. The first-order valence-corrected chi connectivity index (χ1v) is 8.30. The van der Waals surface area contributed by atoms with Crippen LogP contribution in [0.5, 0.6) is 5.75 Å². The van der Waals surface area contributed by atoms with E-state index in [1.54, 1.807) is 19.2 Å². The van der Waals surface area contributed by atoms with Crippen molar-refractivity contribution in [2.75, 3.05) is 12.4 Å². The van der Waals surface area contributed by atoms with Crippen LogP contribution < -0.4 is 10.1 Å². The van der Waals surface area contributed by atoms with Crippen molar-refractivity contribution in [2.45, 2.75) is 20.8 Å². The Morgan fingerprint density at radius 1 is 1.13 bits per heavy atom. The molecule has 1 N–H and O–H groups in total. The van der Waals surface area contributed by atoms with Gasteiger partial charge in [0.2, 0.25) is 0 Å². The average molecular weight is 328 g/mol. The van der Waals surface area contributed by atoms with E-state index in [1.165, 1.54) is 11.3 Å². The molecule has 0 radical (unpaired) electrons. The molecule has 5 heteroatoms. The number of aryl methyl sites for hydroxylation is 1. The van der Waals surface area contributed by atoms with E-state index in [9.17, 15) is 4.79 Å². The molecule has 1 heterocycles. The van der Waals surface area contributed by atoms with Crippen LogP contribution in [0.1, 0.15) is 29.8 Å². The summed E-state index contributed by atoms with van der Waals surface area (Å²) in [6.45, 7) is 5.99. The first-order valence-electron chi connectivity index (χ1n) is 7.48. The fourth-order valence-corrected chi connectivity index (χ4v) is 2.85. The summed E-state index contributed by atoms with van der Waals surface area (Å²) in [6.07, 6.45) is 0. The van der Waals surface area contributed by atoms with E-state index in [0.29, 0.717) is 10.7 Å².